The highest BCUT2D eigenvalue weighted by atomic mass is 127. The van der Waals surface area contributed by atoms with Crippen molar-refractivity contribution >= 4 is 22.6 Å². The Morgan fingerprint density at radius 1 is 1.67 bits per heavy atom. The fourth-order valence-corrected chi connectivity index (χ4v) is 1.78. The fourth-order valence-electron chi connectivity index (χ4n) is 1.16. The summed E-state index contributed by atoms with van der Waals surface area (Å²) in [5.41, 5.74) is 0.0501. The molecular weight excluding hydrogens is 317 g/mol. The van der Waals surface area contributed by atoms with Crippen molar-refractivity contribution in [3.8, 4) is 11.8 Å². The molecule has 3 nitrogen and oxygen atoms in total. The van der Waals surface area contributed by atoms with E-state index in [9.17, 15) is 8.78 Å². The van der Waals surface area contributed by atoms with E-state index >= 15 is 0 Å². The zero-order chi connectivity index (χ0) is 11.4. The van der Waals surface area contributed by atoms with E-state index in [1.807, 2.05) is 6.07 Å². The van der Waals surface area contributed by atoms with Crippen molar-refractivity contribution in [1.82, 2.24) is 4.98 Å². The van der Waals surface area contributed by atoms with Crippen LogP contribution < -0.4 is 4.74 Å². The number of ether oxygens (including phenoxy) is 1. The largest absolute Gasteiger partial charge is 0.494 e. The topological polar surface area (TPSA) is 45.9 Å². The first-order valence-corrected chi connectivity index (χ1v) is 5.06. The summed E-state index contributed by atoms with van der Waals surface area (Å²) in [6.45, 7) is 0. The highest BCUT2D eigenvalue weighted by Crippen LogP contribution is 2.34. The quantitative estimate of drug-likeness (QED) is 0.803. The number of nitrogens with zero attached hydrogens (tertiary/aromatic N) is 2. The molecule has 0 saturated carbocycles. The lowest BCUT2D eigenvalue weighted by atomic mass is 10.1. The third kappa shape index (κ3) is 2.53. The maximum Gasteiger partial charge on any atom is 0.268 e. The number of pyridine rings is 1. The van der Waals surface area contributed by atoms with Gasteiger partial charge in [-0.25, -0.2) is 8.78 Å². The van der Waals surface area contributed by atoms with Gasteiger partial charge in [0, 0.05) is 9.77 Å². The Labute approximate surface area is 99.2 Å². The van der Waals surface area contributed by atoms with Crippen LogP contribution in [-0.4, -0.2) is 12.1 Å². The smallest absolute Gasteiger partial charge is 0.268 e. The first-order valence-electron chi connectivity index (χ1n) is 3.98. The molecule has 1 heterocycles. The van der Waals surface area contributed by atoms with Gasteiger partial charge in [0.2, 0.25) is 0 Å². The van der Waals surface area contributed by atoms with Gasteiger partial charge in [-0.2, -0.15) is 5.26 Å². The standard InChI is InChI=1S/C9H7F2IN2O/c1-15-8-6(2-3-13)14-4-5(12)7(8)9(10)11/h4,9H,2H2,1H3. The number of rotatable bonds is 3. The second kappa shape index (κ2) is 5.21. The van der Waals surface area contributed by atoms with E-state index in [0.29, 0.717) is 3.57 Å². The van der Waals surface area contributed by atoms with Crippen LogP contribution >= 0.6 is 22.6 Å². The molecule has 0 amide bonds. The highest BCUT2D eigenvalue weighted by Gasteiger charge is 2.21. The van der Waals surface area contributed by atoms with E-state index in [2.05, 4.69) is 4.98 Å². The Hall–Kier alpha value is -0.970. The second-order valence-corrected chi connectivity index (χ2v) is 3.80. The molecule has 0 atom stereocenters. The van der Waals surface area contributed by atoms with Crippen LogP contribution in [-0.2, 0) is 6.42 Å². The van der Waals surface area contributed by atoms with Gasteiger partial charge in [-0.15, -0.1) is 0 Å². The van der Waals surface area contributed by atoms with E-state index in [1.165, 1.54) is 13.3 Å². The van der Waals surface area contributed by atoms with Crippen molar-refractivity contribution in [2.24, 2.45) is 0 Å². The maximum absolute atomic E-state index is 12.7. The Bertz CT molecular complexity index is 404. The molecule has 0 aliphatic carbocycles. The van der Waals surface area contributed by atoms with Crippen molar-refractivity contribution < 1.29 is 13.5 Å². The van der Waals surface area contributed by atoms with Crippen LogP contribution in [0.15, 0.2) is 6.20 Å². The molecule has 1 aromatic rings. The van der Waals surface area contributed by atoms with Crippen LogP contribution in [0, 0.1) is 14.9 Å². The zero-order valence-corrected chi connectivity index (χ0v) is 9.96. The van der Waals surface area contributed by atoms with E-state index in [1.54, 1.807) is 22.6 Å². The molecule has 0 spiro atoms. The minimum absolute atomic E-state index is 0.0125. The Morgan fingerprint density at radius 2 is 2.33 bits per heavy atom. The third-order valence-corrected chi connectivity index (χ3v) is 2.63. The molecule has 0 aliphatic rings. The third-order valence-electron chi connectivity index (χ3n) is 1.77. The number of aromatic nitrogens is 1. The van der Waals surface area contributed by atoms with Gasteiger partial charge >= 0.3 is 0 Å². The first-order chi connectivity index (χ1) is 7.11. The van der Waals surface area contributed by atoms with Gasteiger partial charge in [0.05, 0.1) is 30.9 Å². The summed E-state index contributed by atoms with van der Waals surface area (Å²) >= 11 is 1.76. The second-order valence-electron chi connectivity index (χ2n) is 2.64. The summed E-state index contributed by atoms with van der Waals surface area (Å²) in [6, 6.07) is 1.85. The lowest BCUT2D eigenvalue weighted by Crippen LogP contribution is -2.02. The lowest BCUT2D eigenvalue weighted by molar-refractivity contribution is 0.145. The van der Waals surface area contributed by atoms with Crippen molar-refractivity contribution in [1.29, 1.82) is 5.26 Å². The van der Waals surface area contributed by atoms with Gasteiger partial charge in [-0.1, -0.05) is 0 Å². The molecule has 0 aromatic carbocycles. The average Bonchev–Trinajstić information content (AvgIpc) is 2.19. The molecular formula is C9H7F2IN2O. The van der Waals surface area contributed by atoms with Crippen molar-refractivity contribution in [2.45, 2.75) is 12.8 Å². The fraction of sp³-hybridized carbons (Fsp3) is 0.333. The van der Waals surface area contributed by atoms with Crippen LogP contribution in [0.1, 0.15) is 17.7 Å². The molecule has 1 rings (SSSR count). The number of halogens is 3. The van der Waals surface area contributed by atoms with E-state index in [0.717, 1.165) is 0 Å². The van der Waals surface area contributed by atoms with E-state index < -0.39 is 6.43 Å². The van der Waals surface area contributed by atoms with E-state index in [4.69, 9.17) is 10.00 Å². The molecule has 0 N–H and O–H groups in total. The molecule has 0 saturated heterocycles. The minimum Gasteiger partial charge on any atom is -0.494 e. The summed E-state index contributed by atoms with van der Waals surface area (Å²) in [6.07, 6.45) is -1.36. The normalized spacial score (nSPS) is 10.1. The van der Waals surface area contributed by atoms with Gasteiger partial charge in [-0.3, -0.25) is 4.98 Å². The van der Waals surface area contributed by atoms with Crippen LogP contribution in [0.2, 0.25) is 0 Å². The van der Waals surface area contributed by atoms with Crippen LogP contribution in [0.5, 0.6) is 5.75 Å². The van der Waals surface area contributed by atoms with Crippen LogP contribution in [0.4, 0.5) is 8.78 Å². The summed E-state index contributed by atoms with van der Waals surface area (Å²) < 4.78 is 30.6. The molecule has 15 heavy (non-hydrogen) atoms. The lowest BCUT2D eigenvalue weighted by Gasteiger charge is -2.12. The van der Waals surface area contributed by atoms with Gasteiger partial charge in [0.1, 0.15) is 0 Å². The monoisotopic (exact) mass is 324 g/mol. The predicted molar refractivity (Wildman–Crippen MR) is 57.8 cm³/mol. The molecule has 0 unspecified atom stereocenters. The summed E-state index contributed by atoms with van der Waals surface area (Å²) in [5.74, 6) is 0.0125. The first kappa shape index (κ1) is 12.1. The number of hydrogen-bond donors (Lipinski definition) is 0. The van der Waals surface area contributed by atoms with Gasteiger partial charge < -0.3 is 4.74 Å². The molecule has 1 aromatic heterocycles. The molecule has 0 radical (unpaired) electrons. The Balaban J connectivity index is 3.34. The number of methoxy groups -OCH3 is 1. The van der Waals surface area contributed by atoms with Gasteiger partial charge in [0.15, 0.2) is 5.75 Å². The van der Waals surface area contributed by atoms with Crippen molar-refractivity contribution in [2.75, 3.05) is 7.11 Å². The summed E-state index contributed by atoms with van der Waals surface area (Å²) in [5, 5.41) is 8.50. The van der Waals surface area contributed by atoms with Gasteiger partial charge in [0.25, 0.3) is 6.43 Å². The maximum atomic E-state index is 12.7. The molecule has 0 fully saturated rings. The summed E-state index contributed by atoms with van der Waals surface area (Å²) in [4.78, 5) is 3.89. The van der Waals surface area contributed by atoms with Gasteiger partial charge in [-0.05, 0) is 22.6 Å². The number of hydrogen-bond acceptors (Lipinski definition) is 3. The SMILES string of the molecule is COc1c(CC#N)ncc(I)c1C(F)F. The number of alkyl halides is 2. The Morgan fingerprint density at radius 3 is 2.80 bits per heavy atom. The predicted octanol–water partition coefficient (Wildman–Crippen LogP) is 2.70. The minimum atomic E-state index is -2.63. The van der Waals surface area contributed by atoms with Crippen LogP contribution in [0.25, 0.3) is 0 Å². The number of nitriles is 1. The van der Waals surface area contributed by atoms with E-state index in [-0.39, 0.29) is 23.4 Å². The van der Waals surface area contributed by atoms with Crippen molar-refractivity contribution in [3.05, 3.63) is 21.0 Å². The molecule has 6 heteroatoms. The summed E-state index contributed by atoms with van der Waals surface area (Å²) in [7, 11) is 1.29. The average molecular weight is 324 g/mol. The molecule has 0 bridgehead atoms. The molecule has 0 aliphatic heterocycles. The zero-order valence-electron chi connectivity index (χ0n) is 7.80. The highest BCUT2D eigenvalue weighted by molar-refractivity contribution is 14.1. The van der Waals surface area contributed by atoms with Crippen molar-refractivity contribution in [3.63, 3.8) is 0 Å². The van der Waals surface area contributed by atoms with Crippen LogP contribution in [0.3, 0.4) is 0 Å². The Kier molecular flexibility index (Phi) is 4.20. The molecule has 80 valence electrons.